The average Bonchev–Trinajstić information content (AvgIpc) is 2.17. The number of ether oxygens (including phenoxy) is 1. The van der Waals surface area contributed by atoms with Crippen molar-refractivity contribution in [1.29, 1.82) is 0 Å². The first kappa shape index (κ1) is 17.3. The molecule has 0 heterocycles. The number of hydrogen-bond acceptors (Lipinski definition) is 4. The Morgan fingerprint density at radius 3 is 1.76 bits per heavy atom. The van der Waals surface area contributed by atoms with Crippen molar-refractivity contribution in [3.63, 3.8) is 0 Å². The standard InChI is InChI=1S/C6H9O2.C5H6O4/c1-4-8-6(7)5(2)3;1-3(5(8)9)2-4(6)7/h1-2,4H2,3H3;1-2H2,(H,6,7)(H,8,9). The second kappa shape index (κ2) is 9.14. The summed E-state index contributed by atoms with van der Waals surface area (Å²) in [6, 6.07) is 0. The third-order valence-corrected chi connectivity index (χ3v) is 1.25. The van der Waals surface area contributed by atoms with Gasteiger partial charge in [0.2, 0.25) is 0 Å². The second-order valence-corrected chi connectivity index (χ2v) is 2.90. The van der Waals surface area contributed by atoms with Crippen molar-refractivity contribution in [2.45, 2.75) is 13.3 Å². The van der Waals surface area contributed by atoms with Gasteiger partial charge in [0.25, 0.3) is 0 Å². The summed E-state index contributed by atoms with van der Waals surface area (Å²) in [5, 5.41) is 16.1. The van der Waals surface area contributed by atoms with Gasteiger partial charge in [-0.2, -0.15) is 0 Å². The lowest BCUT2D eigenvalue weighted by molar-refractivity contribution is -0.139. The number of carboxylic acids is 2. The van der Waals surface area contributed by atoms with Crippen LogP contribution >= 0.6 is 0 Å². The molecular weight excluding hydrogens is 228 g/mol. The Morgan fingerprint density at radius 2 is 1.65 bits per heavy atom. The molecular formula is C11H15O6. The molecule has 0 rings (SSSR count). The number of hydrogen-bond donors (Lipinski definition) is 2. The fraction of sp³-hybridized carbons (Fsp3) is 0.273. The molecule has 17 heavy (non-hydrogen) atoms. The molecule has 0 unspecified atom stereocenters. The van der Waals surface area contributed by atoms with E-state index >= 15 is 0 Å². The number of esters is 1. The highest BCUT2D eigenvalue weighted by molar-refractivity contribution is 5.91. The van der Waals surface area contributed by atoms with E-state index in [9.17, 15) is 14.4 Å². The van der Waals surface area contributed by atoms with E-state index in [-0.39, 0.29) is 18.1 Å². The maximum Gasteiger partial charge on any atom is 0.333 e. The van der Waals surface area contributed by atoms with E-state index in [0.717, 1.165) is 0 Å². The van der Waals surface area contributed by atoms with Gasteiger partial charge in [-0.15, -0.1) is 0 Å². The molecule has 1 radical (unpaired) electrons. The Bertz CT molecular complexity index is 329. The van der Waals surface area contributed by atoms with Gasteiger partial charge >= 0.3 is 17.9 Å². The van der Waals surface area contributed by atoms with E-state index in [0.29, 0.717) is 5.57 Å². The summed E-state index contributed by atoms with van der Waals surface area (Å²) in [7, 11) is 0. The van der Waals surface area contributed by atoms with Crippen LogP contribution in [0.15, 0.2) is 24.3 Å². The summed E-state index contributed by atoms with van der Waals surface area (Å²) in [5.41, 5.74) is 0.108. The predicted molar refractivity (Wildman–Crippen MR) is 60.2 cm³/mol. The van der Waals surface area contributed by atoms with Gasteiger partial charge in [-0.25, -0.2) is 9.59 Å². The fourth-order valence-corrected chi connectivity index (χ4v) is 0.474. The number of rotatable bonds is 5. The van der Waals surface area contributed by atoms with E-state index in [1.165, 1.54) is 0 Å². The van der Waals surface area contributed by atoms with Crippen molar-refractivity contribution in [2.75, 3.05) is 6.61 Å². The van der Waals surface area contributed by atoms with E-state index in [1.807, 2.05) is 0 Å². The quantitative estimate of drug-likeness (QED) is 0.552. The molecule has 0 bridgehead atoms. The normalized spacial score (nSPS) is 8.35. The monoisotopic (exact) mass is 243 g/mol. The van der Waals surface area contributed by atoms with Gasteiger partial charge < -0.3 is 14.9 Å². The molecule has 6 nitrogen and oxygen atoms in total. The van der Waals surface area contributed by atoms with E-state index in [2.05, 4.69) is 24.8 Å². The molecule has 6 heteroatoms. The van der Waals surface area contributed by atoms with Crippen molar-refractivity contribution in [3.8, 4) is 0 Å². The van der Waals surface area contributed by atoms with Crippen LogP contribution in [0.2, 0.25) is 0 Å². The van der Waals surface area contributed by atoms with Crippen molar-refractivity contribution < 1.29 is 29.3 Å². The maximum absolute atomic E-state index is 10.4. The Morgan fingerprint density at radius 1 is 1.18 bits per heavy atom. The number of carbonyl (C=O) groups is 3. The Hall–Kier alpha value is -2.11. The van der Waals surface area contributed by atoms with Crippen LogP contribution in [0.5, 0.6) is 0 Å². The van der Waals surface area contributed by atoms with Crippen LogP contribution in [-0.2, 0) is 19.1 Å². The first-order chi connectivity index (χ1) is 7.72. The van der Waals surface area contributed by atoms with Crippen molar-refractivity contribution >= 4 is 17.9 Å². The molecule has 0 spiro atoms. The van der Waals surface area contributed by atoms with Crippen LogP contribution in [-0.4, -0.2) is 34.7 Å². The highest BCUT2D eigenvalue weighted by atomic mass is 16.5. The van der Waals surface area contributed by atoms with Crippen molar-refractivity contribution in [3.05, 3.63) is 31.2 Å². The summed E-state index contributed by atoms with van der Waals surface area (Å²) < 4.78 is 4.45. The van der Waals surface area contributed by atoms with Crippen LogP contribution in [0.25, 0.3) is 0 Å². The third-order valence-electron chi connectivity index (χ3n) is 1.25. The minimum atomic E-state index is -1.27. The highest BCUT2D eigenvalue weighted by Gasteiger charge is 2.07. The molecule has 0 aromatic carbocycles. The van der Waals surface area contributed by atoms with Gasteiger partial charge in [0.05, 0.1) is 13.0 Å². The predicted octanol–water partition coefficient (Wildman–Crippen LogP) is 1.04. The highest BCUT2D eigenvalue weighted by Crippen LogP contribution is 1.95. The van der Waals surface area contributed by atoms with Gasteiger partial charge in [0, 0.05) is 11.1 Å². The Balaban J connectivity index is 0. The lowest BCUT2D eigenvalue weighted by Gasteiger charge is -1.96. The van der Waals surface area contributed by atoms with Crippen LogP contribution in [0, 0.1) is 6.92 Å². The molecule has 0 aromatic heterocycles. The molecule has 0 saturated heterocycles. The van der Waals surface area contributed by atoms with E-state index in [1.54, 1.807) is 6.92 Å². The smallest absolute Gasteiger partial charge is 0.333 e. The molecule has 0 amide bonds. The SMILES string of the molecule is C=C(CC(=O)O)C(=O)O.[CH2]COC(=O)C(=C)C. The van der Waals surface area contributed by atoms with E-state index < -0.39 is 18.4 Å². The molecule has 0 fully saturated rings. The third kappa shape index (κ3) is 11.8. The summed E-state index contributed by atoms with van der Waals surface area (Å²) >= 11 is 0. The van der Waals surface area contributed by atoms with Crippen molar-refractivity contribution in [1.82, 2.24) is 0 Å². The molecule has 95 valence electrons. The minimum absolute atomic E-state index is 0.172. The summed E-state index contributed by atoms with van der Waals surface area (Å²) in [5.74, 6) is -2.82. The molecule has 0 aromatic rings. The fourth-order valence-electron chi connectivity index (χ4n) is 0.474. The maximum atomic E-state index is 10.4. The van der Waals surface area contributed by atoms with Crippen molar-refractivity contribution in [2.24, 2.45) is 0 Å². The first-order valence-electron chi connectivity index (χ1n) is 4.47. The summed E-state index contributed by atoms with van der Waals surface area (Å²) in [6.45, 7) is 11.5. The first-order valence-corrected chi connectivity index (χ1v) is 4.47. The Kier molecular flexibility index (Phi) is 9.30. The zero-order valence-electron chi connectivity index (χ0n) is 9.56. The lowest BCUT2D eigenvalue weighted by Crippen LogP contribution is -2.04. The summed E-state index contributed by atoms with van der Waals surface area (Å²) in [4.78, 5) is 30.0. The topological polar surface area (TPSA) is 101 Å². The largest absolute Gasteiger partial charge is 0.481 e. The zero-order chi connectivity index (χ0) is 14.0. The Labute approximate surface area is 99.2 Å². The van der Waals surface area contributed by atoms with Gasteiger partial charge in [-0.05, 0) is 13.8 Å². The van der Waals surface area contributed by atoms with Crippen LogP contribution < -0.4 is 0 Å². The van der Waals surface area contributed by atoms with E-state index in [4.69, 9.17) is 10.2 Å². The molecule has 2 N–H and O–H groups in total. The molecule has 0 aliphatic heterocycles. The van der Waals surface area contributed by atoms with Gasteiger partial charge in [0.1, 0.15) is 0 Å². The second-order valence-electron chi connectivity index (χ2n) is 2.90. The molecule has 0 atom stereocenters. The van der Waals surface area contributed by atoms with Crippen LogP contribution in [0.1, 0.15) is 13.3 Å². The van der Waals surface area contributed by atoms with Gasteiger partial charge in [0.15, 0.2) is 0 Å². The van der Waals surface area contributed by atoms with Gasteiger partial charge in [-0.1, -0.05) is 13.2 Å². The average molecular weight is 243 g/mol. The zero-order valence-corrected chi connectivity index (χ0v) is 9.56. The number of carboxylic acid groups (broad SMARTS) is 2. The molecule has 0 aliphatic carbocycles. The lowest BCUT2D eigenvalue weighted by atomic mass is 10.2. The van der Waals surface area contributed by atoms with Crippen LogP contribution in [0.3, 0.4) is 0 Å². The number of aliphatic carboxylic acids is 2. The minimum Gasteiger partial charge on any atom is -0.481 e. The number of carbonyl (C=O) groups excluding carboxylic acids is 1. The summed E-state index contributed by atoms with van der Waals surface area (Å²) in [6.07, 6.45) is -0.505. The van der Waals surface area contributed by atoms with Gasteiger partial charge in [-0.3, -0.25) is 4.79 Å². The molecule has 0 aliphatic rings. The molecule has 0 saturated carbocycles. The van der Waals surface area contributed by atoms with Crippen LogP contribution in [0.4, 0.5) is 0 Å².